The van der Waals surface area contributed by atoms with Gasteiger partial charge in [-0.25, -0.2) is 4.39 Å². The summed E-state index contributed by atoms with van der Waals surface area (Å²) in [5.41, 5.74) is 2.30. The predicted molar refractivity (Wildman–Crippen MR) is 129 cm³/mol. The highest BCUT2D eigenvalue weighted by Crippen LogP contribution is 2.52. The first kappa shape index (κ1) is 21.7. The molecule has 0 bridgehead atoms. The van der Waals surface area contributed by atoms with E-state index in [1.54, 1.807) is 12.1 Å². The molecule has 0 N–H and O–H groups in total. The number of benzene rings is 1. The zero-order valence-corrected chi connectivity index (χ0v) is 19.8. The molecule has 3 heterocycles. The molecule has 2 aliphatic rings. The standard InChI is InChI=1S/C26H21ClFN3OS/c1-26(2)13-20-24(21(32)14-26)23(22-6-5-11-33-22)17(15-29)25(30-9-3-4-10-30)31(20)16-7-8-19(28)18(27)12-16/h3-12,23H,13-14H2,1-2H3/t23-/m0/s1. The monoisotopic (exact) mass is 477 g/mol. The van der Waals surface area contributed by atoms with E-state index >= 15 is 0 Å². The quantitative estimate of drug-likeness (QED) is 0.408. The average Bonchev–Trinajstić information content (AvgIpc) is 3.47. The summed E-state index contributed by atoms with van der Waals surface area (Å²) in [6.45, 7) is 4.15. The lowest BCUT2D eigenvalue weighted by Gasteiger charge is -2.44. The van der Waals surface area contributed by atoms with Gasteiger partial charge in [0, 0.05) is 40.6 Å². The van der Waals surface area contributed by atoms with Gasteiger partial charge in [-0.05, 0) is 53.6 Å². The van der Waals surface area contributed by atoms with Crippen LogP contribution in [0.4, 0.5) is 10.1 Å². The second-order valence-corrected chi connectivity index (χ2v) is 10.5. The van der Waals surface area contributed by atoms with Crippen LogP contribution in [-0.4, -0.2) is 10.4 Å². The number of carbonyl (C=O) groups excluding carboxylic acids is 1. The number of carbonyl (C=O) groups is 1. The zero-order chi connectivity index (χ0) is 23.3. The fourth-order valence-electron chi connectivity index (χ4n) is 4.84. The van der Waals surface area contributed by atoms with Crippen molar-refractivity contribution in [3.8, 4) is 6.07 Å². The highest BCUT2D eigenvalue weighted by Gasteiger charge is 2.45. The molecule has 0 amide bonds. The van der Waals surface area contributed by atoms with Crippen LogP contribution in [-0.2, 0) is 4.79 Å². The zero-order valence-electron chi connectivity index (χ0n) is 18.2. The number of nitrogens with zero attached hydrogens (tertiary/aromatic N) is 3. The third-order valence-electron chi connectivity index (χ3n) is 6.15. The Morgan fingerprint density at radius 2 is 1.94 bits per heavy atom. The fraction of sp³-hybridized carbons (Fsp3) is 0.231. The number of aromatic nitrogens is 1. The molecule has 0 fully saturated rings. The minimum atomic E-state index is -0.518. The molecule has 1 atom stereocenters. The summed E-state index contributed by atoms with van der Waals surface area (Å²) >= 11 is 7.71. The molecule has 0 saturated heterocycles. The largest absolute Gasteiger partial charge is 0.309 e. The lowest BCUT2D eigenvalue weighted by Crippen LogP contribution is -2.40. The van der Waals surface area contributed by atoms with E-state index < -0.39 is 11.7 Å². The maximum atomic E-state index is 14.1. The fourth-order valence-corrected chi connectivity index (χ4v) is 5.86. The molecular weight excluding hydrogens is 457 g/mol. The molecule has 0 unspecified atom stereocenters. The van der Waals surface area contributed by atoms with Crippen molar-refractivity contribution < 1.29 is 9.18 Å². The Kier molecular flexibility index (Phi) is 5.27. The smallest absolute Gasteiger partial charge is 0.162 e. The molecule has 4 nitrogen and oxygen atoms in total. The number of hydrogen-bond donors (Lipinski definition) is 0. The summed E-state index contributed by atoms with van der Waals surface area (Å²) < 4.78 is 15.9. The average molecular weight is 478 g/mol. The van der Waals surface area contributed by atoms with Gasteiger partial charge in [-0.15, -0.1) is 11.3 Å². The Hall–Kier alpha value is -3.14. The number of hydrogen-bond acceptors (Lipinski definition) is 4. The van der Waals surface area contributed by atoms with E-state index in [9.17, 15) is 14.4 Å². The lowest BCUT2D eigenvalue weighted by atomic mass is 9.69. The van der Waals surface area contributed by atoms with Gasteiger partial charge >= 0.3 is 0 Å². The van der Waals surface area contributed by atoms with E-state index in [0.717, 1.165) is 10.6 Å². The number of thiophene rings is 1. The van der Waals surface area contributed by atoms with Crippen LogP contribution in [0.2, 0.25) is 5.02 Å². The molecule has 7 heteroatoms. The number of anilines is 1. The minimum absolute atomic E-state index is 0.0122. The van der Waals surface area contributed by atoms with Gasteiger partial charge in [-0.1, -0.05) is 31.5 Å². The molecule has 3 aromatic rings. The van der Waals surface area contributed by atoms with Crippen LogP contribution in [0.1, 0.15) is 37.5 Å². The number of allylic oxidation sites excluding steroid dienone is 3. The van der Waals surface area contributed by atoms with Crippen LogP contribution < -0.4 is 4.90 Å². The second kappa shape index (κ2) is 8.02. The molecule has 0 spiro atoms. The van der Waals surface area contributed by atoms with E-state index in [0.29, 0.717) is 35.5 Å². The maximum absolute atomic E-state index is 14.1. The van der Waals surface area contributed by atoms with Gasteiger partial charge in [-0.3, -0.25) is 9.69 Å². The van der Waals surface area contributed by atoms with Crippen molar-refractivity contribution in [3.05, 3.63) is 92.8 Å². The molecule has 1 aromatic carbocycles. The molecule has 166 valence electrons. The first-order valence-electron chi connectivity index (χ1n) is 10.6. The molecule has 0 radical (unpaired) electrons. The summed E-state index contributed by atoms with van der Waals surface area (Å²) in [5, 5.41) is 12.4. The van der Waals surface area contributed by atoms with Crippen molar-refractivity contribution in [2.75, 3.05) is 4.90 Å². The number of ketones is 1. The van der Waals surface area contributed by atoms with Gasteiger partial charge in [0.1, 0.15) is 11.6 Å². The second-order valence-electron chi connectivity index (χ2n) is 9.12. The number of halogens is 2. The third kappa shape index (κ3) is 3.62. The number of rotatable bonds is 3. The Balaban J connectivity index is 1.87. The molecule has 33 heavy (non-hydrogen) atoms. The minimum Gasteiger partial charge on any atom is -0.309 e. The van der Waals surface area contributed by atoms with Crippen molar-refractivity contribution in [1.29, 1.82) is 5.26 Å². The van der Waals surface area contributed by atoms with Crippen molar-refractivity contribution in [2.45, 2.75) is 32.6 Å². The summed E-state index contributed by atoms with van der Waals surface area (Å²) in [4.78, 5) is 16.5. The molecule has 5 rings (SSSR count). The summed E-state index contributed by atoms with van der Waals surface area (Å²) in [6, 6.07) is 14.6. The van der Waals surface area contributed by atoms with Crippen LogP contribution >= 0.6 is 22.9 Å². The summed E-state index contributed by atoms with van der Waals surface area (Å²) in [6.07, 6.45) is 4.78. The van der Waals surface area contributed by atoms with Crippen LogP contribution in [0.3, 0.4) is 0 Å². The highest BCUT2D eigenvalue weighted by molar-refractivity contribution is 7.10. The normalized spacial score (nSPS) is 20.2. The van der Waals surface area contributed by atoms with Crippen LogP contribution in [0, 0.1) is 22.6 Å². The van der Waals surface area contributed by atoms with Crippen LogP contribution in [0.15, 0.2) is 77.1 Å². The van der Waals surface area contributed by atoms with Gasteiger partial charge in [0.15, 0.2) is 5.78 Å². The first-order valence-corrected chi connectivity index (χ1v) is 11.9. The van der Waals surface area contributed by atoms with Gasteiger partial charge < -0.3 is 4.57 Å². The van der Waals surface area contributed by atoms with E-state index in [2.05, 4.69) is 19.9 Å². The van der Waals surface area contributed by atoms with Crippen molar-refractivity contribution in [2.24, 2.45) is 5.41 Å². The van der Waals surface area contributed by atoms with Gasteiger partial charge in [-0.2, -0.15) is 5.26 Å². The van der Waals surface area contributed by atoms with E-state index in [-0.39, 0.29) is 16.2 Å². The molecule has 0 saturated carbocycles. The van der Waals surface area contributed by atoms with Crippen molar-refractivity contribution in [3.63, 3.8) is 0 Å². The van der Waals surface area contributed by atoms with E-state index in [1.165, 1.54) is 17.4 Å². The third-order valence-corrected chi connectivity index (χ3v) is 7.38. The Morgan fingerprint density at radius 1 is 1.18 bits per heavy atom. The molecule has 1 aliphatic carbocycles. The predicted octanol–water partition coefficient (Wildman–Crippen LogP) is 6.98. The number of nitriles is 1. The van der Waals surface area contributed by atoms with Crippen molar-refractivity contribution >= 4 is 40.2 Å². The van der Waals surface area contributed by atoms with Gasteiger partial charge in [0.05, 0.1) is 22.6 Å². The summed E-state index contributed by atoms with van der Waals surface area (Å²) in [7, 11) is 0. The Labute approximate surface area is 200 Å². The molecular formula is C26H21ClFN3OS. The Bertz CT molecular complexity index is 1350. The van der Waals surface area contributed by atoms with Crippen LogP contribution in [0.25, 0.3) is 5.82 Å². The highest BCUT2D eigenvalue weighted by atomic mass is 35.5. The Morgan fingerprint density at radius 3 is 2.58 bits per heavy atom. The van der Waals surface area contributed by atoms with Crippen LogP contribution in [0.5, 0.6) is 0 Å². The van der Waals surface area contributed by atoms with Gasteiger partial charge in [0.25, 0.3) is 0 Å². The SMILES string of the molecule is CC1(C)CC(=O)C2=C(C1)N(c1ccc(F)c(Cl)c1)C(n1cccc1)=C(C#N)[C@H]2c1cccs1. The van der Waals surface area contributed by atoms with E-state index in [4.69, 9.17) is 11.6 Å². The molecule has 2 aromatic heterocycles. The summed E-state index contributed by atoms with van der Waals surface area (Å²) in [5.74, 6) is -0.293. The molecule has 1 aliphatic heterocycles. The maximum Gasteiger partial charge on any atom is 0.162 e. The van der Waals surface area contributed by atoms with Crippen molar-refractivity contribution in [1.82, 2.24) is 4.57 Å². The van der Waals surface area contributed by atoms with E-state index in [1.807, 2.05) is 51.5 Å². The lowest BCUT2D eigenvalue weighted by molar-refractivity contribution is -0.118. The number of Topliss-reactive ketones (excluding diaryl/α,β-unsaturated/α-hetero) is 1. The van der Waals surface area contributed by atoms with Gasteiger partial charge in [0.2, 0.25) is 0 Å². The first-order chi connectivity index (χ1) is 15.8. The topological polar surface area (TPSA) is 49.0 Å².